The molecule has 0 unspecified atom stereocenters. The zero-order chi connectivity index (χ0) is 34.2. The first kappa shape index (κ1) is 31.4. The molecule has 0 amide bonds. The fraction of sp³-hybridized carbons (Fsp3) is 0. The average molecular weight is 656 g/mol. The summed E-state index contributed by atoms with van der Waals surface area (Å²) in [7, 11) is 0. The summed E-state index contributed by atoms with van der Waals surface area (Å²) in [5, 5.41) is 11.6. The van der Waals surface area contributed by atoms with E-state index in [1.807, 2.05) is 0 Å². The number of para-hydroxylation sites is 2. The van der Waals surface area contributed by atoms with Crippen LogP contribution in [0.4, 0.5) is 34.1 Å². The van der Waals surface area contributed by atoms with Crippen molar-refractivity contribution in [1.29, 1.82) is 0 Å². The lowest BCUT2D eigenvalue weighted by Gasteiger charge is -2.22. The lowest BCUT2D eigenvalue weighted by molar-refractivity contribution is 1.48. The van der Waals surface area contributed by atoms with Crippen molar-refractivity contribution in [2.75, 3.05) is 16.0 Å². The van der Waals surface area contributed by atoms with Crippen LogP contribution in [-0.2, 0) is 0 Å². The lowest BCUT2D eigenvalue weighted by Crippen LogP contribution is -2.02. The van der Waals surface area contributed by atoms with Crippen molar-refractivity contribution < 1.29 is 0 Å². The minimum absolute atomic E-state index is 1.00. The smallest absolute Gasteiger partial charge is 0.0485 e. The molecule has 3 nitrogen and oxygen atoms in total. The zero-order valence-electron chi connectivity index (χ0n) is 28.1. The Bertz CT molecular complexity index is 2200. The molecule has 0 spiro atoms. The normalized spacial score (nSPS) is 10.7. The molecule has 51 heavy (non-hydrogen) atoms. The van der Waals surface area contributed by atoms with Crippen LogP contribution in [0.15, 0.2) is 206 Å². The molecule has 0 saturated heterocycles. The number of benzene rings is 8. The Kier molecular flexibility index (Phi) is 9.08. The highest BCUT2D eigenvalue weighted by molar-refractivity contribution is 5.98. The van der Waals surface area contributed by atoms with Gasteiger partial charge in [-0.25, -0.2) is 0 Å². The second kappa shape index (κ2) is 14.7. The van der Waals surface area contributed by atoms with Gasteiger partial charge in [-0.15, -0.1) is 0 Å². The predicted octanol–water partition coefficient (Wildman–Crippen LogP) is 13.6. The van der Waals surface area contributed by atoms with E-state index in [0.717, 1.165) is 67.5 Å². The predicted molar refractivity (Wildman–Crippen MR) is 217 cm³/mol. The fourth-order valence-electron chi connectivity index (χ4n) is 6.71. The van der Waals surface area contributed by atoms with Crippen LogP contribution in [0.3, 0.4) is 0 Å². The number of hydrogen-bond donors (Lipinski definition) is 3. The van der Waals surface area contributed by atoms with Crippen LogP contribution < -0.4 is 16.0 Å². The molecule has 8 rings (SSSR count). The van der Waals surface area contributed by atoms with Gasteiger partial charge in [0.15, 0.2) is 0 Å². The van der Waals surface area contributed by atoms with E-state index in [4.69, 9.17) is 0 Å². The lowest BCUT2D eigenvalue weighted by atomic mass is 9.97. The van der Waals surface area contributed by atoms with Crippen molar-refractivity contribution in [1.82, 2.24) is 0 Å². The standard InChI is InChI=1S/C48H37N3/c1-5-19-35(20-6-1)39-27-13-15-29-41(39)49-43-31-17-33-45(47(43)37-23-9-3-10-24-37)51-46-34-18-32-44(48(46)38-25-11-4-12-26-38)50-42-30-16-14-28-40(42)36-21-7-2-8-22-36/h1-34,49-51H. The third kappa shape index (κ3) is 6.87. The van der Waals surface area contributed by atoms with E-state index in [1.165, 1.54) is 11.1 Å². The Morgan fingerprint density at radius 3 is 0.804 bits per heavy atom. The van der Waals surface area contributed by atoms with Crippen molar-refractivity contribution >= 4 is 34.1 Å². The maximum Gasteiger partial charge on any atom is 0.0485 e. The Balaban J connectivity index is 1.24. The van der Waals surface area contributed by atoms with Gasteiger partial charge in [0.2, 0.25) is 0 Å². The van der Waals surface area contributed by atoms with Crippen LogP contribution in [0.1, 0.15) is 0 Å². The first-order valence-electron chi connectivity index (χ1n) is 17.3. The molecule has 0 heterocycles. The minimum atomic E-state index is 1.00. The third-order valence-corrected chi connectivity index (χ3v) is 9.09. The van der Waals surface area contributed by atoms with Crippen molar-refractivity contribution in [2.45, 2.75) is 0 Å². The van der Waals surface area contributed by atoms with Gasteiger partial charge in [-0.05, 0) is 58.7 Å². The highest BCUT2D eigenvalue weighted by Crippen LogP contribution is 2.44. The van der Waals surface area contributed by atoms with Crippen LogP contribution in [0.5, 0.6) is 0 Å². The molecule has 0 aliphatic carbocycles. The van der Waals surface area contributed by atoms with Crippen molar-refractivity contribution in [3.05, 3.63) is 206 Å². The summed E-state index contributed by atoms with van der Waals surface area (Å²) < 4.78 is 0. The molecule has 0 aromatic heterocycles. The van der Waals surface area contributed by atoms with Gasteiger partial charge in [-0.2, -0.15) is 0 Å². The average Bonchev–Trinajstić information content (AvgIpc) is 3.20. The minimum Gasteiger partial charge on any atom is -0.354 e. The third-order valence-electron chi connectivity index (χ3n) is 9.09. The molecule has 0 radical (unpaired) electrons. The summed E-state index contributed by atoms with van der Waals surface area (Å²) in [4.78, 5) is 0. The van der Waals surface area contributed by atoms with Crippen LogP contribution >= 0.6 is 0 Å². The van der Waals surface area contributed by atoms with E-state index in [-0.39, 0.29) is 0 Å². The van der Waals surface area contributed by atoms with Gasteiger partial charge in [-0.3, -0.25) is 0 Å². The number of rotatable bonds is 10. The molecule has 244 valence electrons. The van der Waals surface area contributed by atoms with Crippen molar-refractivity contribution in [3.63, 3.8) is 0 Å². The first-order valence-corrected chi connectivity index (χ1v) is 17.3. The van der Waals surface area contributed by atoms with Crippen molar-refractivity contribution in [2.24, 2.45) is 0 Å². The summed E-state index contributed by atoms with van der Waals surface area (Å²) in [6.45, 7) is 0. The molecule has 3 N–H and O–H groups in total. The molecular weight excluding hydrogens is 619 g/mol. The summed E-state index contributed by atoms with van der Waals surface area (Å²) >= 11 is 0. The summed E-state index contributed by atoms with van der Waals surface area (Å²) in [5.74, 6) is 0. The van der Waals surface area contributed by atoms with Crippen LogP contribution in [0, 0.1) is 0 Å². The summed E-state index contributed by atoms with van der Waals surface area (Å²) in [6.07, 6.45) is 0. The Morgan fingerprint density at radius 1 is 0.196 bits per heavy atom. The molecule has 0 fully saturated rings. The molecule has 8 aromatic carbocycles. The molecule has 0 saturated carbocycles. The van der Waals surface area contributed by atoms with E-state index < -0.39 is 0 Å². The largest absolute Gasteiger partial charge is 0.354 e. The molecule has 0 bridgehead atoms. The zero-order valence-corrected chi connectivity index (χ0v) is 28.1. The van der Waals surface area contributed by atoms with Crippen LogP contribution in [0.2, 0.25) is 0 Å². The molecule has 0 aliphatic rings. The van der Waals surface area contributed by atoms with Gasteiger partial charge in [0, 0.05) is 56.4 Å². The van der Waals surface area contributed by atoms with Gasteiger partial charge in [0.25, 0.3) is 0 Å². The van der Waals surface area contributed by atoms with Crippen LogP contribution in [-0.4, -0.2) is 0 Å². The first-order chi connectivity index (χ1) is 25.3. The number of nitrogens with one attached hydrogen (secondary N) is 3. The Labute approximate surface area is 299 Å². The van der Waals surface area contributed by atoms with Gasteiger partial charge in [-0.1, -0.05) is 170 Å². The monoisotopic (exact) mass is 655 g/mol. The SMILES string of the molecule is c1ccc(-c2ccccc2Nc2cccc(Nc3cccc(Nc4ccccc4-c4ccccc4)c3-c3ccccc3)c2-c2ccccc2)cc1. The molecule has 8 aromatic rings. The maximum absolute atomic E-state index is 3.90. The van der Waals surface area contributed by atoms with E-state index >= 15 is 0 Å². The van der Waals surface area contributed by atoms with Gasteiger partial charge >= 0.3 is 0 Å². The maximum atomic E-state index is 3.90. The number of hydrogen-bond acceptors (Lipinski definition) is 3. The van der Waals surface area contributed by atoms with E-state index in [2.05, 4.69) is 222 Å². The molecule has 0 atom stereocenters. The van der Waals surface area contributed by atoms with Crippen molar-refractivity contribution in [3.8, 4) is 44.5 Å². The summed E-state index contributed by atoms with van der Waals surface area (Å²) in [6, 6.07) is 72.1. The van der Waals surface area contributed by atoms with Gasteiger partial charge < -0.3 is 16.0 Å². The van der Waals surface area contributed by atoms with Gasteiger partial charge in [0.1, 0.15) is 0 Å². The van der Waals surface area contributed by atoms with Gasteiger partial charge in [0.05, 0.1) is 0 Å². The van der Waals surface area contributed by atoms with Crippen LogP contribution in [0.25, 0.3) is 44.5 Å². The topological polar surface area (TPSA) is 36.1 Å². The second-order valence-electron chi connectivity index (χ2n) is 12.4. The molecular formula is C48H37N3. The molecule has 3 heteroatoms. The fourth-order valence-corrected chi connectivity index (χ4v) is 6.71. The molecule has 0 aliphatic heterocycles. The Morgan fingerprint density at radius 2 is 0.451 bits per heavy atom. The highest BCUT2D eigenvalue weighted by atomic mass is 14.9. The van der Waals surface area contributed by atoms with E-state index in [0.29, 0.717) is 0 Å². The van der Waals surface area contributed by atoms with E-state index in [1.54, 1.807) is 0 Å². The quantitative estimate of drug-likeness (QED) is 0.137. The van der Waals surface area contributed by atoms with E-state index in [9.17, 15) is 0 Å². The Hall–Kier alpha value is -6.84. The highest BCUT2D eigenvalue weighted by Gasteiger charge is 2.17. The number of anilines is 6. The summed E-state index contributed by atoms with van der Waals surface area (Å²) in [5.41, 5.74) is 15.2. The second-order valence-corrected chi connectivity index (χ2v) is 12.4.